The van der Waals surface area contributed by atoms with Crippen molar-refractivity contribution in [3.8, 4) is 0 Å². The summed E-state index contributed by atoms with van der Waals surface area (Å²) in [7, 11) is 0. The Morgan fingerprint density at radius 1 is 1.29 bits per heavy atom. The minimum Gasteiger partial charge on any atom is -0.356 e. The Labute approximate surface area is 104 Å². The van der Waals surface area contributed by atoms with Crippen molar-refractivity contribution in [1.82, 2.24) is 5.32 Å². The molecule has 0 fully saturated rings. The molecule has 0 unspecified atom stereocenters. The average Bonchev–Trinajstić information content (AvgIpc) is 2.34. The summed E-state index contributed by atoms with van der Waals surface area (Å²) in [6, 6.07) is 10.5. The number of amides is 1. The maximum atomic E-state index is 11.0. The highest BCUT2D eigenvalue weighted by Crippen LogP contribution is 2.14. The molecule has 1 aromatic carbocycles. The standard InChI is InChI=1S/C15H23NO/c1-3-4-8-15(12-16-13(2)17)11-14-9-6-5-7-10-14/h5-7,9-10,15H,3-4,8,11-12H2,1-2H3,(H,16,17)/t15-/m1/s1. The zero-order valence-electron chi connectivity index (χ0n) is 10.9. The molecule has 0 heterocycles. The van der Waals surface area contributed by atoms with Gasteiger partial charge in [-0.05, 0) is 24.3 Å². The first-order valence-electron chi connectivity index (χ1n) is 6.50. The van der Waals surface area contributed by atoms with E-state index in [1.54, 1.807) is 6.92 Å². The number of hydrogen-bond acceptors (Lipinski definition) is 1. The molecule has 1 atom stereocenters. The number of benzene rings is 1. The van der Waals surface area contributed by atoms with Gasteiger partial charge in [0.2, 0.25) is 5.91 Å². The van der Waals surface area contributed by atoms with E-state index in [9.17, 15) is 4.79 Å². The van der Waals surface area contributed by atoms with Crippen LogP contribution in [0.15, 0.2) is 30.3 Å². The Kier molecular flexibility index (Phi) is 6.38. The molecule has 0 aliphatic rings. The monoisotopic (exact) mass is 233 g/mol. The second kappa shape index (κ2) is 7.88. The zero-order chi connectivity index (χ0) is 12.5. The van der Waals surface area contributed by atoms with Gasteiger partial charge in [0.25, 0.3) is 0 Å². The molecular weight excluding hydrogens is 210 g/mol. The van der Waals surface area contributed by atoms with E-state index in [0.717, 1.165) is 13.0 Å². The van der Waals surface area contributed by atoms with Crippen molar-refractivity contribution < 1.29 is 4.79 Å². The van der Waals surface area contributed by atoms with E-state index in [2.05, 4.69) is 36.5 Å². The van der Waals surface area contributed by atoms with E-state index in [4.69, 9.17) is 0 Å². The van der Waals surface area contributed by atoms with E-state index in [-0.39, 0.29) is 5.91 Å². The van der Waals surface area contributed by atoms with Gasteiger partial charge in [0.05, 0.1) is 0 Å². The molecule has 0 aliphatic carbocycles. The van der Waals surface area contributed by atoms with Gasteiger partial charge in [0.1, 0.15) is 0 Å². The van der Waals surface area contributed by atoms with Gasteiger partial charge in [-0.2, -0.15) is 0 Å². The van der Waals surface area contributed by atoms with Crippen LogP contribution in [0.3, 0.4) is 0 Å². The van der Waals surface area contributed by atoms with Crippen molar-refractivity contribution in [3.63, 3.8) is 0 Å². The van der Waals surface area contributed by atoms with Gasteiger partial charge in [0.15, 0.2) is 0 Å². The van der Waals surface area contributed by atoms with Crippen molar-refractivity contribution in [1.29, 1.82) is 0 Å². The Morgan fingerprint density at radius 3 is 2.59 bits per heavy atom. The highest BCUT2D eigenvalue weighted by atomic mass is 16.1. The van der Waals surface area contributed by atoms with Crippen molar-refractivity contribution >= 4 is 5.91 Å². The summed E-state index contributed by atoms with van der Waals surface area (Å²) in [6.45, 7) is 4.58. The van der Waals surface area contributed by atoms with Gasteiger partial charge in [-0.15, -0.1) is 0 Å². The fourth-order valence-electron chi connectivity index (χ4n) is 2.00. The number of unbranched alkanes of at least 4 members (excludes halogenated alkanes) is 1. The smallest absolute Gasteiger partial charge is 0.216 e. The molecule has 1 amide bonds. The van der Waals surface area contributed by atoms with Gasteiger partial charge in [-0.25, -0.2) is 0 Å². The van der Waals surface area contributed by atoms with E-state index in [1.165, 1.54) is 24.8 Å². The third-order valence-corrected chi connectivity index (χ3v) is 2.97. The average molecular weight is 233 g/mol. The second-order valence-electron chi connectivity index (χ2n) is 4.64. The summed E-state index contributed by atoms with van der Waals surface area (Å²) >= 11 is 0. The lowest BCUT2D eigenvalue weighted by atomic mass is 9.94. The van der Waals surface area contributed by atoms with E-state index in [0.29, 0.717) is 5.92 Å². The van der Waals surface area contributed by atoms with Crippen LogP contribution in [0.25, 0.3) is 0 Å². The maximum Gasteiger partial charge on any atom is 0.216 e. The molecule has 0 spiro atoms. The number of nitrogens with one attached hydrogen (secondary N) is 1. The summed E-state index contributed by atoms with van der Waals surface area (Å²) in [5, 5.41) is 2.94. The van der Waals surface area contributed by atoms with Crippen LogP contribution in [0.4, 0.5) is 0 Å². The van der Waals surface area contributed by atoms with Gasteiger partial charge in [-0.1, -0.05) is 50.1 Å². The highest BCUT2D eigenvalue weighted by molar-refractivity contribution is 5.72. The first kappa shape index (κ1) is 13.8. The number of carbonyl (C=O) groups excluding carboxylic acids is 1. The van der Waals surface area contributed by atoms with Crippen molar-refractivity contribution in [2.75, 3.05) is 6.54 Å². The molecule has 2 nitrogen and oxygen atoms in total. The lowest BCUT2D eigenvalue weighted by Crippen LogP contribution is -2.28. The summed E-state index contributed by atoms with van der Waals surface area (Å²) in [6.07, 6.45) is 4.69. The van der Waals surface area contributed by atoms with Crippen LogP contribution in [0.1, 0.15) is 38.7 Å². The zero-order valence-corrected chi connectivity index (χ0v) is 10.9. The normalized spacial score (nSPS) is 12.1. The maximum absolute atomic E-state index is 11.0. The predicted octanol–water partition coefficient (Wildman–Crippen LogP) is 3.17. The Balaban J connectivity index is 2.47. The molecule has 2 heteroatoms. The molecular formula is C15H23NO. The van der Waals surface area contributed by atoms with Gasteiger partial charge >= 0.3 is 0 Å². The van der Waals surface area contributed by atoms with Gasteiger partial charge in [-0.3, -0.25) is 4.79 Å². The van der Waals surface area contributed by atoms with Crippen molar-refractivity contribution in [2.24, 2.45) is 5.92 Å². The van der Waals surface area contributed by atoms with Crippen LogP contribution in [-0.4, -0.2) is 12.5 Å². The largest absolute Gasteiger partial charge is 0.356 e. The van der Waals surface area contributed by atoms with E-state index in [1.807, 2.05) is 6.07 Å². The van der Waals surface area contributed by atoms with E-state index >= 15 is 0 Å². The Hall–Kier alpha value is -1.31. The Morgan fingerprint density at radius 2 is 2.00 bits per heavy atom. The van der Waals surface area contributed by atoms with Crippen LogP contribution in [0.5, 0.6) is 0 Å². The molecule has 1 aromatic rings. The topological polar surface area (TPSA) is 29.1 Å². The van der Waals surface area contributed by atoms with Crippen LogP contribution in [0, 0.1) is 5.92 Å². The van der Waals surface area contributed by atoms with Crippen LogP contribution in [-0.2, 0) is 11.2 Å². The van der Waals surface area contributed by atoms with Crippen LogP contribution >= 0.6 is 0 Å². The summed E-state index contributed by atoms with van der Waals surface area (Å²) in [5.74, 6) is 0.626. The van der Waals surface area contributed by atoms with Gasteiger partial charge < -0.3 is 5.32 Å². The fourth-order valence-corrected chi connectivity index (χ4v) is 2.00. The Bertz CT molecular complexity index is 321. The second-order valence-corrected chi connectivity index (χ2v) is 4.64. The fraction of sp³-hybridized carbons (Fsp3) is 0.533. The molecule has 0 bridgehead atoms. The first-order chi connectivity index (χ1) is 8.22. The molecule has 17 heavy (non-hydrogen) atoms. The number of hydrogen-bond donors (Lipinski definition) is 1. The minimum atomic E-state index is 0.0690. The molecule has 0 aromatic heterocycles. The minimum absolute atomic E-state index is 0.0690. The van der Waals surface area contributed by atoms with Crippen molar-refractivity contribution in [3.05, 3.63) is 35.9 Å². The first-order valence-corrected chi connectivity index (χ1v) is 6.50. The van der Waals surface area contributed by atoms with E-state index < -0.39 is 0 Å². The van der Waals surface area contributed by atoms with Crippen LogP contribution < -0.4 is 5.32 Å². The number of rotatable bonds is 7. The van der Waals surface area contributed by atoms with Gasteiger partial charge in [0, 0.05) is 13.5 Å². The third kappa shape index (κ3) is 6.10. The molecule has 1 N–H and O–H groups in total. The predicted molar refractivity (Wildman–Crippen MR) is 71.8 cm³/mol. The molecule has 94 valence electrons. The molecule has 1 rings (SSSR count). The molecule has 0 radical (unpaired) electrons. The molecule has 0 saturated heterocycles. The van der Waals surface area contributed by atoms with Crippen LogP contribution in [0.2, 0.25) is 0 Å². The lowest BCUT2D eigenvalue weighted by Gasteiger charge is -2.17. The van der Waals surface area contributed by atoms with Crippen molar-refractivity contribution in [2.45, 2.75) is 39.5 Å². The quantitative estimate of drug-likeness (QED) is 0.770. The highest BCUT2D eigenvalue weighted by Gasteiger charge is 2.09. The third-order valence-electron chi connectivity index (χ3n) is 2.97. The molecule has 0 aliphatic heterocycles. The summed E-state index contributed by atoms with van der Waals surface area (Å²) in [4.78, 5) is 11.0. The molecule has 0 saturated carbocycles. The number of carbonyl (C=O) groups is 1. The lowest BCUT2D eigenvalue weighted by molar-refractivity contribution is -0.119. The SMILES string of the molecule is CCCC[C@@H](CNC(C)=O)Cc1ccccc1. The summed E-state index contributed by atoms with van der Waals surface area (Å²) < 4.78 is 0. The summed E-state index contributed by atoms with van der Waals surface area (Å²) in [5.41, 5.74) is 1.36.